The Labute approximate surface area is 123 Å². The van der Waals surface area contributed by atoms with Crippen LogP contribution in [-0.2, 0) is 14.8 Å². The van der Waals surface area contributed by atoms with Gasteiger partial charge in [0.15, 0.2) is 0 Å². The Kier molecular flexibility index (Phi) is 5.14. The van der Waals surface area contributed by atoms with E-state index >= 15 is 0 Å². The maximum atomic E-state index is 12.3. The summed E-state index contributed by atoms with van der Waals surface area (Å²) in [6.45, 7) is 4.86. The highest BCUT2D eigenvalue weighted by molar-refractivity contribution is 7.91. The largest absolute Gasteiger partial charge is 0.355 e. The van der Waals surface area contributed by atoms with Crippen LogP contribution in [0.2, 0.25) is 0 Å². The minimum absolute atomic E-state index is 0.0120. The molecule has 20 heavy (non-hydrogen) atoms. The van der Waals surface area contributed by atoms with Crippen LogP contribution < -0.4 is 5.32 Å². The zero-order chi connectivity index (χ0) is 14.6. The molecule has 1 N–H and O–H groups in total. The molecule has 2 heterocycles. The molecule has 8 heteroatoms. The maximum absolute atomic E-state index is 12.3. The van der Waals surface area contributed by atoms with E-state index in [1.54, 1.807) is 17.5 Å². The van der Waals surface area contributed by atoms with Crippen LogP contribution >= 0.6 is 11.3 Å². The molecule has 0 unspecified atom stereocenters. The molecule has 1 aromatic rings. The van der Waals surface area contributed by atoms with Crippen molar-refractivity contribution >= 4 is 27.3 Å². The van der Waals surface area contributed by atoms with E-state index in [-0.39, 0.29) is 5.91 Å². The number of rotatable bonds is 5. The molecule has 0 atom stereocenters. The van der Waals surface area contributed by atoms with Gasteiger partial charge in [0, 0.05) is 32.7 Å². The fourth-order valence-electron chi connectivity index (χ4n) is 2.12. The van der Waals surface area contributed by atoms with Crippen LogP contribution in [0.1, 0.15) is 6.92 Å². The summed E-state index contributed by atoms with van der Waals surface area (Å²) in [7, 11) is -3.36. The summed E-state index contributed by atoms with van der Waals surface area (Å²) in [6.07, 6.45) is 0. The maximum Gasteiger partial charge on any atom is 0.252 e. The molecule has 1 saturated heterocycles. The lowest BCUT2D eigenvalue weighted by molar-refractivity contribution is -0.122. The molecule has 112 valence electrons. The Morgan fingerprint density at radius 1 is 1.35 bits per heavy atom. The van der Waals surface area contributed by atoms with Crippen molar-refractivity contribution in [3.8, 4) is 0 Å². The fraction of sp³-hybridized carbons (Fsp3) is 0.583. The molecule has 1 amide bonds. The van der Waals surface area contributed by atoms with Gasteiger partial charge in [0.25, 0.3) is 10.0 Å². The lowest BCUT2D eigenvalue weighted by Crippen LogP contribution is -2.50. The number of nitrogens with zero attached hydrogens (tertiary/aromatic N) is 2. The molecule has 1 fully saturated rings. The van der Waals surface area contributed by atoms with Gasteiger partial charge < -0.3 is 5.32 Å². The number of sulfonamides is 1. The van der Waals surface area contributed by atoms with Crippen molar-refractivity contribution in [1.29, 1.82) is 0 Å². The van der Waals surface area contributed by atoms with Crippen LogP contribution in [0.25, 0.3) is 0 Å². The zero-order valence-electron chi connectivity index (χ0n) is 11.4. The average molecular weight is 317 g/mol. The SMILES string of the molecule is CCNC(=O)CN1CCN(S(=O)(=O)c2cccs2)CC1. The third kappa shape index (κ3) is 3.57. The van der Waals surface area contributed by atoms with Crippen LogP contribution in [0, 0.1) is 0 Å². The summed E-state index contributed by atoms with van der Waals surface area (Å²) in [4.78, 5) is 13.5. The predicted molar refractivity (Wildman–Crippen MR) is 78.2 cm³/mol. The Morgan fingerprint density at radius 3 is 2.60 bits per heavy atom. The molecule has 2 rings (SSSR count). The van der Waals surface area contributed by atoms with Crippen LogP contribution in [0.5, 0.6) is 0 Å². The monoisotopic (exact) mass is 317 g/mol. The second kappa shape index (κ2) is 6.66. The number of carbonyl (C=O) groups is 1. The van der Waals surface area contributed by atoms with Gasteiger partial charge in [0.05, 0.1) is 6.54 Å². The molecule has 1 aliphatic heterocycles. The lowest BCUT2D eigenvalue weighted by atomic mass is 10.3. The molecular weight excluding hydrogens is 298 g/mol. The van der Waals surface area contributed by atoms with Crippen molar-refractivity contribution in [1.82, 2.24) is 14.5 Å². The molecule has 0 saturated carbocycles. The first kappa shape index (κ1) is 15.4. The Hall–Kier alpha value is -0.960. The van der Waals surface area contributed by atoms with Crippen molar-refractivity contribution in [3.63, 3.8) is 0 Å². The van der Waals surface area contributed by atoms with E-state index in [4.69, 9.17) is 0 Å². The van der Waals surface area contributed by atoms with Gasteiger partial charge in [-0.3, -0.25) is 9.69 Å². The van der Waals surface area contributed by atoms with E-state index in [2.05, 4.69) is 5.32 Å². The van der Waals surface area contributed by atoms with Crippen molar-refractivity contribution in [2.45, 2.75) is 11.1 Å². The first-order valence-corrected chi connectivity index (χ1v) is 8.88. The van der Waals surface area contributed by atoms with Crippen molar-refractivity contribution in [2.75, 3.05) is 39.3 Å². The number of hydrogen-bond acceptors (Lipinski definition) is 5. The Balaban J connectivity index is 1.90. The average Bonchev–Trinajstić information content (AvgIpc) is 2.94. The van der Waals surface area contributed by atoms with Crippen LogP contribution in [-0.4, -0.2) is 62.8 Å². The summed E-state index contributed by atoms with van der Waals surface area (Å²) >= 11 is 1.23. The summed E-state index contributed by atoms with van der Waals surface area (Å²) < 4.78 is 26.5. The third-order valence-corrected chi connectivity index (χ3v) is 6.43. The first-order chi connectivity index (χ1) is 9.54. The quantitative estimate of drug-likeness (QED) is 0.842. The number of carbonyl (C=O) groups excluding carboxylic acids is 1. The van der Waals surface area contributed by atoms with E-state index in [0.29, 0.717) is 43.5 Å². The van der Waals surface area contributed by atoms with E-state index in [0.717, 1.165) is 0 Å². The molecule has 0 bridgehead atoms. The number of hydrogen-bond donors (Lipinski definition) is 1. The smallest absolute Gasteiger partial charge is 0.252 e. The fourth-order valence-corrected chi connectivity index (χ4v) is 4.69. The summed E-state index contributed by atoms with van der Waals surface area (Å²) in [5, 5.41) is 4.51. The van der Waals surface area contributed by atoms with Crippen LogP contribution in [0.15, 0.2) is 21.7 Å². The predicted octanol–water partition coefficient (Wildman–Crippen LogP) is 0.190. The second-order valence-electron chi connectivity index (χ2n) is 4.57. The molecule has 0 radical (unpaired) electrons. The third-order valence-electron chi connectivity index (χ3n) is 3.16. The van der Waals surface area contributed by atoms with Crippen LogP contribution in [0.3, 0.4) is 0 Å². The molecule has 0 aliphatic carbocycles. The van der Waals surface area contributed by atoms with E-state index < -0.39 is 10.0 Å². The second-order valence-corrected chi connectivity index (χ2v) is 7.68. The van der Waals surface area contributed by atoms with Crippen molar-refractivity contribution in [3.05, 3.63) is 17.5 Å². The van der Waals surface area contributed by atoms with Gasteiger partial charge in [-0.15, -0.1) is 11.3 Å². The Morgan fingerprint density at radius 2 is 2.05 bits per heavy atom. The summed E-state index contributed by atoms with van der Waals surface area (Å²) in [5.41, 5.74) is 0. The Bertz CT molecular complexity index is 534. The van der Waals surface area contributed by atoms with Gasteiger partial charge in [-0.05, 0) is 18.4 Å². The number of nitrogens with one attached hydrogen (secondary N) is 1. The lowest BCUT2D eigenvalue weighted by Gasteiger charge is -2.33. The highest BCUT2D eigenvalue weighted by Gasteiger charge is 2.29. The first-order valence-electron chi connectivity index (χ1n) is 6.56. The number of amides is 1. The zero-order valence-corrected chi connectivity index (χ0v) is 13.0. The van der Waals surface area contributed by atoms with Gasteiger partial charge >= 0.3 is 0 Å². The van der Waals surface area contributed by atoms with Gasteiger partial charge in [0.2, 0.25) is 5.91 Å². The molecule has 0 aromatic carbocycles. The van der Waals surface area contributed by atoms with Gasteiger partial charge in [0.1, 0.15) is 4.21 Å². The topological polar surface area (TPSA) is 69.7 Å². The van der Waals surface area contributed by atoms with Gasteiger partial charge in [-0.25, -0.2) is 8.42 Å². The number of thiophene rings is 1. The number of likely N-dealkylation sites (N-methyl/N-ethyl adjacent to an activating group) is 1. The van der Waals surface area contributed by atoms with Gasteiger partial charge in [-0.2, -0.15) is 4.31 Å². The molecular formula is C12H19N3O3S2. The van der Waals surface area contributed by atoms with E-state index in [1.165, 1.54) is 15.6 Å². The van der Waals surface area contributed by atoms with Crippen molar-refractivity contribution < 1.29 is 13.2 Å². The molecule has 6 nitrogen and oxygen atoms in total. The summed E-state index contributed by atoms with van der Waals surface area (Å²) in [6, 6.07) is 3.37. The normalized spacial score (nSPS) is 18.1. The van der Waals surface area contributed by atoms with E-state index in [1.807, 2.05) is 11.8 Å². The van der Waals surface area contributed by atoms with E-state index in [9.17, 15) is 13.2 Å². The minimum Gasteiger partial charge on any atom is -0.355 e. The van der Waals surface area contributed by atoms with Gasteiger partial charge in [-0.1, -0.05) is 6.07 Å². The molecule has 1 aliphatic rings. The molecule has 1 aromatic heterocycles. The standard InChI is InChI=1S/C12H19N3O3S2/c1-2-13-11(16)10-14-5-7-15(8-6-14)20(17,18)12-4-3-9-19-12/h3-4,9H,2,5-8,10H2,1H3,(H,13,16). The highest BCUT2D eigenvalue weighted by atomic mass is 32.2. The van der Waals surface area contributed by atoms with Crippen LogP contribution in [0.4, 0.5) is 0 Å². The van der Waals surface area contributed by atoms with Crippen molar-refractivity contribution in [2.24, 2.45) is 0 Å². The highest BCUT2D eigenvalue weighted by Crippen LogP contribution is 2.21. The summed E-state index contributed by atoms with van der Waals surface area (Å²) in [5.74, 6) is -0.0120. The minimum atomic E-state index is -3.36. The number of piperazine rings is 1. The molecule has 0 spiro atoms.